The average Bonchev–Trinajstić information content (AvgIpc) is 2.94. The third-order valence-electron chi connectivity index (χ3n) is 13.1. The Morgan fingerprint density at radius 3 is 1.55 bits per heavy atom. The predicted octanol–water partition coefficient (Wildman–Crippen LogP) is 8.47. The molecule has 8 aliphatic rings. The summed E-state index contributed by atoms with van der Waals surface area (Å²) in [6, 6.07) is 16.0. The summed E-state index contributed by atoms with van der Waals surface area (Å²) in [5.74, 6) is 5.18. The molecular formula is C37H53NO3PPdS. The third kappa shape index (κ3) is 5.70. The normalized spacial score (nSPS) is 37.1. The minimum atomic E-state index is -3.44. The third-order valence-corrected chi connectivity index (χ3v) is 21.8. The van der Waals surface area contributed by atoms with Gasteiger partial charge in [0.2, 0.25) is 0 Å². The van der Waals surface area contributed by atoms with Crippen molar-refractivity contribution in [2.24, 2.45) is 35.5 Å². The van der Waals surface area contributed by atoms with Crippen LogP contribution in [0.25, 0.3) is 11.1 Å². The quantitative estimate of drug-likeness (QED) is 0.168. The number of hydrogen-bond acceptors (Lipinski definition) is 4. The van der Waals surface area contributed by atoms with Gasteiger partial charge in [-0.15, -0.1) is 0 Å². The second kappa shape index (κ2) is 12.0. The molecule has 44 heavy (non-hydrogen) atoms. The zero-order valence-electron chi connectivity index (χ0n) is 26.7. The Morgan fingerprint density at radius 2 is 1.16 bits per heavy atom. The molecule has 2 N–H and O–H groups in total. The molecule has 0 aliphatic heterocycles. The second-order valence-electron chi connectivity index (χ2n) is 16.1. The van der Waals surface area contributed by atoms with E-state index in [9.17, 15) is 8.42 Å². The Morgan fingerprint density at radius 1 is 0.750 bits per heavy atom. The van der Waals surface area contributed by atoms with Crippen LogP contribution in [0.1, 0.15) is 96.8 Å². The Kier molecular flexibility index (Phi) is 8.71. The van der Waals surface area contributed by atoms with Crippen molar-refractivity contribution in [2.45, 2.75) is 107 Å². The Balaban J connectivity index is 0.000000187. The molecule has 0 amide bonds. The summed E-state index contributed by atoms with van der Waals surface area (Å²) in [5, 5.41) is 0.511. The van der Waals surface area contributed by atoms with Crippen LogP contribution in [-0.2, 0) is 33.3 Å². The Bertz CT molecular complexity index is 1320. The van der Waals surface area contributed by atoms with Crippen molar-refractivity contribution in [3.05, 3.63) is 48.5 Å². The van der Waals surface area contributed by atoms with E-state index in [4.69, 9.17) is 9.70 Å². The zero-order valence-corrected chi connectivity index (χ0v) is 30.1. The van der Waals surface area contributed by atoms with E-state index in [0.29, 0.717) is 0 Å². The van der Waals surface area contributed by atoms with Gasteiger partial charge in [0.15, 0.2) is 0 Å². The molecule has 2 aromatic carbocycles. The SMILES string of the molecule is CCCC[PH](OS(C)(=O)=O)(C12CC3CC(CC(C3)C1)C2)C12CC3CC(CC(C3)C1)C2.Nc1ccccc1-c1cccc[c]1[Pd]. The first-order chi connectivity index (χ1) is 21.0. The summed E-state index contributed by atoms with van der Waals surface area (Å²) in [6.45, 7) is 2.29. The molecule has 0 atom stereocenters. The number of para-hydroxylation sites is 1. The van der Waals surface area contributed by atoms with E-state index in [-0.39, 0.29) is 10.3 Å². The van der Waals surface area contributed by atoms with E-state index in [2.05, 4.69) is 32.2 Å². The van der Waals surface area contributed by atoms with Crippen molar-refractivity contribution >= 4 is 27.3 Å². The van der Waals surface area contributed by atoms with E-state index in [1.807, 2.05) is 42.5 Å². The number of rotatable bonds is 8. The van der Waals surface area contributed by atoms with Gasteiger partial charge in [-0.05, 0) is 0 Å². The number of anilines is 1. The monoisotopic (exact) mass is 728 g/mol. The number of nitrogen functional groups attached to an aromatic ring is 1. The molecule has 2 aromatic rings. The topological polar surface area (TPSA) is 69.4 Å². The second-order valence-corrected chi connectivity index (χ2v) is 23.3. The summed E-state index contributed by atoms with van der Waals surface area (Å²) < 4.78 is 33.9. The van der Waals surface area contributed by atoms with E-state index in [1.165, 1.54) is 96.1 Å². The number of hydrogen-bond donors (Lipinski definition) is 1. The van der Waals surface area contributed by atoms with Crippen molar-refractivity contribution in [3.63, 3.8) is 0 Å². The molecule has 0 spiro atoms. The van der Waals surface area contributed by atoms with Crippen LogP contribution in [0.3, 0.4) is 0 Å². The minimum absolute atomic E-state index is 0.256. The fourth-order valence-electron chi connectivity index (χ4n) is 12.6. The molecule has 0 aromatic heterocycles. The van der Waals surface area contributed by atoms with Crippen molar-refractivity contribution in [1.82, 2.24) is 0 Å². The molecule has 8 fully saturated rings. The van der Waals surface area contributed by atoms with Gasteiger partial charge in [-0.3, -0.25) is 0 Å². The Labute approximate surface area is 278 Å². The fraction of sp³-hybridized carbons (Fsp3) is 0.676. The van der Waals surface area contributed by atoms with Crippen molar-refractivity contribution in [1.29, 1.82) is 0 Å². The molecule has 245 valence electrons. The molecule has 10 rings (SSSR count). The van der Waals surface area contributed by atoms with Crippen LogP contribution in [0.5, 0.6) is 0 Å². The molecule has 0 unspecified atom stereocenters. The predicted molar refractivity (Wildman–Crippen MR) is 182 cm³/mol. The average molecular weight is 729 g/mol. The van der Waals surface area contributed by atoms with Crippen LogP contribution in [-0.4, -0.2) is 31.1 Å². The van der Waals surface area contributed by atoms with E-state index in [0.717, 1.165) is 62.5 Å². The van der Waals surface area contributed by atoms with Crippen LogP contribution in [0.2, 0.25) is 0 Å². The van der Waals surface area contributed by atoms with Crippen LogP contribution in [0.15, 0.2) is 48.5 Å². The zero-order chi connectivity index (χ0) is 30.7. The maximum atomic E-state index is 13.0. The summed E-state index contributed by atoms with van der Waals surface area (Å²) >= 11 is 3.23. The van der Waals surface area contributed by atoms with Gasteiger partial charge in [-0.1, -0.05) is 0 Å². The summed E-state index contributed by atoms with van der Waals surface area (Å²) in [4.78, 5) is 0. The van der Waals surface area contributed by atoms with Gasteiger partial charge in [-0.2, -0.15) is 0 Å². The van der Waals surface area contributed by atoms with Gasteiger partial charge in [0.05, 0.1) is 0 Å². The van der Waals surface area contributed by atoms with Gasteiger partial charge < -0.3 is 0 Å². The van der Waals surface area contributed by atoms with Crippen molar-refractivity contribution < 1.29 is 31.6 Å². The standard InChI is InChI=1S/C25H43O3PS.C12H10N.Pd/c1-3-4-5-29(28-30(2,26)27,24-12-18-6-19(13-24)8-20(7-18)14-24)25-15-21-9-22(16-25)11-23(10-21)17-25;13-12-9-5-4-8-11(12)10-6-2-1-3-7-10;/h18-23,29H,3-17H2,1-2H3;1-6,8-9H,13H2;. The molecule has 8 aliphatic carbocycles. The number of unbranched alkanes of at least 4 members (excludes halogenated alkanes) is 1. The van der Waals surface area contributed by atoms with E-state index >= 15 is 0 Å². The summed E-state index contributed by atoms with van der Waals surface area (Å²) in [7, 11) is -5.98. The molecule has 8 bridgehead atoms. The molecule has 8 saturated carbocycles. The molecule has 4 nitrogen and oxygen atoms in total. The number of nitrogens with two attached hydrogens (primary N) is 1. The van der Waals surface area contributed by atoms with Gasteiger partial charge in [0.1, 0.15) is 0 Å². The van der Waals surface area contributed by atoms with Gasteiger partial charge >= 0.3 is 279 Å². The van der Waals surface area contributed by atoms with Crippen LogP contribution < -0.4 is 9.77 Å². The van der Waals surface area contributed by atoms with E-state index < -0.39 is 17.6 Å². The molecule has 0 saturated heterocycles. The van der Waals surface area contributed by atoms with Crippen molar-refractivity contribution in [3.8, 4) is 11.1 Å². The molecule has 7 heteroatoms. The van der Waals surface area contributed by atoms with Gasteiger partial charge in [-0.25, -0.2) is 0 Å². The first kappa shape index (κ1) is 31.8. The number of benzene rings is 2. The molecule has 0 radical (unpaired) electrons. The van der Waals surface area contributed by atoms with Crippen LogP contribution >= 0.6 is 7.49 Å². The molecular weight excluding hydrogens is 676 g/mol. The van der Waals surface area contributed by atoms with E-state index in [1.54, 1.807) is 0 Å². The van der Waals surface area contributed by atoms with Gasteiger partial charge in [0.25, 0.3) is 0 Å². The van der Waals surface area contributed by atoms with Crippen LogP contribution in [0, 0.1) is 35.5 Å². The fourth-order valence-corrected chi connectivity index (χ4v) is 23.7. The Hall–Kier alpha value is -0.758. The first-order valence-corrected chi connectivity index (χ1v) is 22.2. The van der Waals surface area contributed by atoms with Gasteiger partial charge in [0, 0.05) is 0 Å². The first-order valence-electron chi connectivity index (χ1n) is 17.5. The summed E-state index contributed by atoms with van der Waals surface area (Å²) in [6.07, 6.45) is 21.3. The van der Waals surface area contributed by atoms with Crippen LogP contribution in [0.4, 0.5) is 5.69 Å². The maximum absolute atomic E-state index is 13.0. The summed E-state index contributed by atoms with van der Waals surface area (Å²) in [5.41, 5.74) is 8.94. The van der Waals surface area contributed by atoms with Crippen molar-refractivity contribution in [2.75, 3.05) is 18.2 Å². The molecule has 0 heterocycles.